The first-order valence-corrected chi connectivity index (χ1v) is 27.2. The van der Waals surface area contributed by atoms with Gasteiger partial charge in [-0.3, -0.25) is 24.0 Å². The highest BCUT2D eigenvalue weighted by atomic mass is 35.5. The molecule has 18 heteroatoms. The highest BCUT2D eigenvalue weighted by Gasteiger charge is 2.40. The van der Waals surface area contributed by atoms with Crippen LogP contribution >= 0.6 is 23.2 Å². The Morgan fingerprint density at radius 3 is 2.12 bits per heavy atom. The number of benzene rings is 4. The fourth-order valence-electron chi connectivity index (χ4n) is 10.5. The molecule has 5 aromatic rings. The summed E-state index contributed by atoms with van der Waals surface area (Å²) in [6, 6.07) is 25.8. The van der Waals surface area contributed by atoms with Gasteiger partial charge in [0.05, 0.1) is 43.5 Å². The van der Waals surface area contributed by atoms with Gasteiger partial charge in [-0.2, -0.15) is 0 Å². The maximum absolute atomic E-state index is 15.7. The number of nitrogens with zero attached hydrogens (tertiary/aromatic N) is 7. The summed E-state index contributed by atoms with van der Waals surface area (Å²) < 4.78 is 14.3. The Bertz CT molecular complexity index is 2790. The molecule has 412 valence electrons. The van der Waals surface area contributed by atoms with Gasteiger partial charge >= 0.3 is 0 Å². The third kappa shape index (κ3) is 15.7. The minimum absolute atomic E-state index is 0.0539. The average molecular weight is 1090 g/mol. The number of methoxy groups -OCH3 is 1. The fourth-order valence-corrected chi connectivity index (χ4v) is 10.8. The Hall–Kier alpha value is -6.30. The summed E-state index contributed by atoms with van der Waals surface area (Å²) >= 11 is 13.0. The number of ether oxygens (including phenoxy) is 2. The van der Waals surface area contributed by atoms with E-state index in [1.54, 1.807) is 49.3 Å². The van der Waals surface area contributed by atoms with Gasteiger partial charge in [-0.15, -0.1) is 0 Å². The summed E-state index contributed by atoms with van der Waals surface area (Å²) in [6.07, 6.45) is 5.25. The highest BCUT2D eigenvalue weighted by molar-refractivity contribution is 6.31. The van der Waals surface area contributed by atoms with Gasteiger partial charge in [0.1, 0.15) is 29.4 Å². The Morgan fingerprint density at radius 1 is 0.740 bits per heavy atom. The third-order valence-electron chi connectivity index (χ3n) is 14.8. The van der Waals surface area contributed by atoms with E-state index < -0.39 is 41.8 Å². The van der Waals surface area contributed by atoms with Crippen LogP contribution in [0, 0.1) is 5.92 Å². The molecule has 0 bridgehead atoms. The molecular formula is C59H75Cl2N9O7. The summed E-state index contributed by atoms with van der Waals surface area (Å²) in [5, 5.41) is 7.21. The first-order chi connectivity index (χ1) is 36.9. The molecule has 2 N–H and O–H groups in total. The summed E-state index contributed by atoms with van der Waals surface area (Å²) in [4.78, 5) is 88.8. The molecule has 2 fully saturated rings. The Labute approximate surface area is 464 Å². The van der Waals surface area contributed by atoms with Crippen molar-refractivity contribution in [3.8, 4) is 22.8 Å². The van der Waals surface area contributed by atoms with E-state index in [4.69, 9.17) is 32.7 Å². The zero-order valence-electron chi connectivity index (χ0n) is 45.7. The second kappa shape index (κ2) is 27.3. The van der Waals surface area contributed by atoms with Crippen molar-refractivity contribution in [1.29, 1.82) is 0 Å². The van der Waals surface area contributed by atoms with Crippen molar-refractivity contribution in [3.05, 3.63) is 136 Å². The van der Waals surface area contributed by atoms with E-state index in [0.717, 1.165) is 41.1 Å². The van der Waals surface area contributed by atoms with Crippen LogP contribution in [-0.4, -0.2) is 156 Å². The number of fused-ring (bicyclic) bond motifs is 1. The molecule has 0 radical (unpaired) electrons. The lowest BCUT2D eigenvalue weighted by atomic mass is 9.87. The molecular weight excluding hydrogens is 1020 g/mol. The molecule has 4 aromatic carbocycles. The number of carbonyl (C=O) groups is 5. The van der Waals surface area contributed by atoms with Crippen molar-refractivity contribution in [3.63, 3.8) is 0 Å². The number of imidazole rings is 1. The SMILES string of the molecule is COC[C@@H]1NC(=O)[C@@H](CCN(C)C)N(Cc2ccc(Cl)cc2Oc2ccc(-c3cnc(CN(C)C)n3C)cc2)C(=O)C[C@@H](Cc2ccccc2)C(=O)N(C)[C@H]2CCCC[C@@H]2NC(=O)C[C@H](Cc2ccc(Cl)cc2)N(C)C1=O. The summed E-state index contributed by atoms with van der Waals surface area (Å²) in [5.41, 5.74) is 4.15. The molecule has 1 aliphatic carbocycles. The highest BCUT2D eigenvalue weighted by Crippen LogP contribution is 2.34. The second-order valence-electron chi connectivity index (χ2n) is 21.1. The Kier molecular flexibility index (Phi) is 20.7. The maximum atomic E-state index is 15.7. The van der Waals surface area contributed by atoms with E-state index in [0.29, 0.717) is 59.5 Å². The summed E-state index contributed by atoms with van der Waals surface area (Å²) in [6.45, 7) is 0.748. The first kappa shape index (κ1) is 58.4. The van der Waals surface area contributed by atoms with Gasteiger partial charge in [-0.05, 0) is 126 Å². The summed E-state index contributed by atoms with van der Waals surface area (Å²) in [7, 11) is 14.6. The number of halogens is 2. The van der Waals surface area contributed by atoms with Crippen LogP contribution in [0.1, 0.15) is 67.5 Å². The van der Waals surface area contributed by atoms with Crippen molar-refractivity contribution < 1.29 is 33.4 Å². The number of amides is 5. The first-order valence-electron chi connectivity index (χ1n) is 26.5. The standard InChI is InChI=1S/C59H75Cl2N9O7/c1-65(2)29-28-51-57(73)64-49(38-76-8)59(75)67(5)46(31-40-18-23-44(60)24-19-40)34-55(71)63-48-16-12-13-17-50(48)69(7)58(74)43(30-39-14-10-9-11-15-39)32-56(72)70(51)36-42-20-25-45(61)33-53(42)77-47-26-21-41(22-27-47)52-35-62-54(68(52)6)37-66(3)4/h9-11,14-15,18-27,33,35,43,46,48-51H,12-13,16-17,28-32,34,36-38H2,1-8H3,(H,63,71)(H,64,73)/t43-,46+,48+,49+,50+,51-/m1/s1. The Morgan fingerprint density at radius 2 is 1.43 bits per heavy atom. The van der Waals surface area contributed by atoms with Gasteiger partial charge < -0.3 is 49.2 Å². The van der Waals surface area contributed by atoms with E-state index in [2.05, 4.69) is 25.1 Å². The zero-order chi connectivity index (χ0) is 55.3. The van der Waals surface area contributed by atoms with Crippen molar-refractivity contribution in [2.45, 2.75) is 101 Å². The number of hydrogen-bond acceptors (Lipinski definition) is 10. The largest absolute Gasteiger partial charge is 0.457 e. The number of rotatable bonds is 16. The number of nitrogens with one attached hydrogen (secondary N) is 2. The molecule has 1 saturated carbocycles. The van der Waals surface area contributed by atoms with Gasteiger partial charge in [-0.25, -0.2) is 4.98 Å². The molecule has 2 aliphatic rings. The quantitative estimate of drug-likeness (QED) is 0.101. The van der Waals surface area contributed by atoms with Gasteiger partial charge in [0, 0.05) is 74.4 Å². The van der Waals surface area contributed by atoms with E-state index in [-0.39, 0.29) is 62.7 Å². The van der Waals surface area contributed by atoms with Crippen LogP contribution in [0.15, 0.2) is 103 Å². The van der Waals surface area contributed by atoms with Crippen molar-refractivity contribution >= 4 is 52.7 Å². The van der Waals surface area contributed by atoms with Crippen LogP contribution in [0.2, 0.25) is 10.0 Å². The minimum atomic E-state index is -1.21. The topological polar surface area (TPSA) is 162 Å². The fraction of sp³-hybridized carbons (Fsp3) is 0.458. The second-order valence-corrected chi connectivity index (χ2v) is 22.0. The number of likely N-dealkylation sites (N-methyl/N-ethyl adjacent to an activating group) is 2. The lowest BCUT2D eigenvalue weighted by Gasteiger charge is -2.41. The molecule has 1 aromatic heterocycles. The minimum Gasteiger partial charge on any atom is -0.457 e. The van der Waals surface area contributed by atoms with Crippen LogP contribution in [0.25, 0.3) is 11.3 Å². The van der Waals surface area contributed by atoms with Crippen molar-refractivity contribution in [2.75, 3.05) is 62.5 Å². The summed E-state index contributed by atoms with van der Waals surface area (Å²) in [5.74, 6) is -1.10. The van der Waals surface area contributed by atoms with Crippen LogP contribution in [0.4, 0.5) is 0 Å². The zero-order valence-corrected chi connectivity index (χ0v) is 47.2. The van der Waals surface area contributed by atoms with Crippen LogP contribution < -0.4 is 15.4 Å². The van der Waals surface area contributed by atoms with Crippen molar-refractivity contribution in [1.82, 2.24) is 44.7 Å². The van der Waals surface area contributed by atoms with Gasteiger partial charge in [0.2, 0.25) is 29.5 Å². The van der Waals surface area contributed by atoms with Crippen LogP contribution in [-0.2, 0) is 61.7 Å². The number of hydrogen-bond donors (Lipinski definition) is 2. The number of aromatic nitrogens is 2. The van der Waals surface area contributed by atoms with Gasteiger partial charge in [0.25, 0.3) is 0 Å². The van der Waals surface area contributed by atoms with Crippen LogP contribution in [0.5, 0.6) is 11.5 Å². The predicted octanol–water partition coefficient (Wildman–Crippen LogP) is 7.64. The molecule has 16 nitrogen and oxygen atoms in total. The van der Waals surface area contributed by atoms with Crippen LogP contribution in [0.3, 0.4) is 0 Å². The van der Waals surface area contributed by atoms with E-state index in [9.17, 15) is 9.59 Å². The molecule has 6 atom stereocenters. The smallest absolute Gasteiger partial charge is 0.247 e. The molecule has 0 unspecified atom stereocenters. The van der Waals surface area contributed by atoms with Crippen molar-refractivity contribution in [2.24, 2.45) is 13.0 Å². The van der Waals surface area contributed by atoms with E-state index in [1.807, 2.05) is 113 Å². The van der Waals surface area contributed by atoms with Gasteiger partial charge in [0.15, 0.2) is 0 Å². The maximum Gasteiger partial charge on any atom is 0.247 e. The average Bonchev–Trinajstić information content (AvgIpc) is 3.76. The lowest BCUT2D eigenvalue weighted by molar-refractivity contribution is -0.148. The van der Waals surface area contributed by atoms with E-state index in [1.165, 1.54) is 16.9 Å². The number of carbonyl (C=O) groups excluding carboxylic acids is 5. The molecule has 1 saturated heterocycles. The molecule has 0 spiro atoms. The molecule has 7 rings (SSSR count). The molecule has 5 amide bonds. The normalized spacial score (nSPS) is 21.5. The molecule has 1 aliphatic heterocycles. The Balaban J connectivity index is 1.31. The van der Waals surface area contributed by atoms with Gasteiger partial charge in [-0.1, -0.05) is 84.6 Å². The predicted molar refractivity (Wildman–Crippen MR) is 300 cm³/mol. The monoisotopic (exact) mass is 1090 g/mol. The molecule has 77 heavy (non-hydrogen) atoms. The third-order valence-corrected chi connectivity index (χ3v) is 15.3. The lowest BCUT2D eigenvalue weighted by Crippen LogP contribution is -2.59. The van der Waals surface area contributed by atoms with E-state index >= 15 is 14.4 Å². The molecule has 2 heterocycles.